The fourth-order valence-corrected chi connectivity index (χ4v) is 0.795. The minimum Gasteiger partial charge on any atom is -0.358 e. The van der Waals surface area contributed by atoms with Crippen molar-refractivity contribution >= 4 is 5.71 Å². The van der Waals surface area contributed by atoms with Gasteiger partial charge in [0.05, 0.1) is 0 Å². The second kappa shape index (κ2) is 13.0. The maximum Gasteiger partial charge on any atom is 2.00 e. The van der Waals surface area contributed by atoms with E-state index in [0.717, 1.165) is 19.4 Å². The molecule has 0 aromatic rings. The third-order valence-corrected chi connectivity index (χ3v) is 1.21. The molecule has 0 saturated heterocycles. The predicted octanol–water partition coefficient (Wildman–Crippen LogP) is 2.92. The first-order valence-electron chi connectivity index (χ1n) is 3.66. The van der Waals surface area contributed by atoms with Crippen molar-refractivity contribution in [2.24, 2.45) is 4.99 Å². The molecule has 0 rings (SSSR count). The van der Waals surface area contributed by atoms with Gasteiger partial charge in [-0.15, -0.1) is 6.42 Å². The zero-order valence-electron chi connectivity index (χ0n) is 7.89. The van der Waals surface area contributed by atoms with Crippen LogP contribution >= 0.6 is 0 Å². The van der Waals surface area contributed by atoms with Crippen molar-refractivity contribution in [3.05, 3.63) is 14.4 Å². The van der Waals surface area contributed by atoms with Gasteiger partial charge in [-0.3, -0.25) is 4.99 Å². The zero-order chi connectivity index (χ0) is 7.11. The summed E-state index contributed by atoms with van der Waals surface area (Å²) in [4.78, 5) is 4.29. The molecule has 11 heavy (non-hydrogen) atoms. The molecule has 1 nitrogen and oxygen atoms in total. The van der Waals surface area contributed by atoms with Crippen molar-refractivity contribution in [2.75, 3.05) is 6.54 Å². The number of hydrogen-bond acceptors (Lipinski definition) is 1. The number of rotatable bonds is 4. The van der Waals surface area contributed by atoms with Crippen LogP contribution < -0.4 is 0 Å². The summed E-state index contributed by atoms with van der Waals surface area (Å²) >= 11 is 0. The monoisotopic (exact) mass is 325 g/mol. The normalized spacial score (nSPS) is 9.91. The topological polar surface area (TPSA) is 12.4 Å². The van der Waals surface area contributed by atoms with E-state index >= 15 is 0 Å². The Morgan fingerprint density at radius 3 is 2.18 bits per heavy atom. The molecule has 0 heterocycles. The van der Waals surface area contributed by atoms with Crippen molar-refractivity contribution in [3.8, 4) is 0 Å². The standard InChI is InChI=1S/C8H16N.CH3.W/c1-4-7-8(5-2)9-6-3;;/h2,4-7H2,1,3H3;1H3;/q2*-1;+2. The minimum absolute atomic E-state index is 0. The van der Waals surface area contributed by atoms with Crippen LogP contribution in [0, 0.1) is 14.4 Å². The van der Waals surface area contributed by atoms with Gasteiger partial charge < -0.3 is 14.4 Å². The van der Waals surface area contributed by atoms with Crippen LogP contribution in [0.4, 0.5) is 0 Å². The van der Waals surface area contributed by atoms with Crippen molar-refractivity contribution in [2.45, 2.75) is 33.1 Å². The Labute approximate surface area is 85.9 Å². The van der Waals surface area contributed by atoms with Crippen LogP contribution in [-0.2, 0) is 21.1 Å². The van der Waals surface area contributed by atoms with E-state index in [1.54, 1.807) is 0 Å². The Morgan fingerprint density at radius 1 is 1.36 bits per heavy atom. The predicted molar refractivity (Wildman–Crippen MR) is 49.3 cm³/mol. The van der Waals surface area contributed by atoms with Crippen molar-refractivity contribution in [1.29, 1.82) is 0 Å². The van der Waals surface area contributed by atoms with Gasteiger partial charge >= 0.3 is 21.1 Å². The molecule has 0 radical (unpaired) electrons. The van der Waals surface area contributed by atoms with E-state index < -0.39 is 0 Å². The van der Waals surface area contributed by atoms with Crippen molar-refractivity contribution in [3.63, 3.8) is 0 Å². The molecular weight excluding hydrogens is 306 g/mol. The van der Waals surface area contributed by atoms with E-state index in [-0.39, 0.29) is 28.5 Å². The van der Waals surface area contributed by atoms with E-state index in [0.29, 0.717) is 0 Å². The molecular formula is C9H19NW. The van der Waals surface area contributed by atoms with E-state index in [9.17, 15) is 0 Å². The first-order chi connectivity index (χ1) is 4.35. The zero-order valence-corrected chi connectivity index (χ0v) is 10.8. The summed E-state index contributed by atoms with van der Waals surface area (Å²) < 4.78 is 0. The molecule has 0 fully saturated rings. The van der Waals surface area contributed by atoms with E-state index in [4.69, 9.17) is 0 Å². The van der Waals surface area contributed by atoms with Gasteiger partial charge in [-0.1, -0.05) is 13.3 Å². The summed E-state index contributed by atoms with van der Waals surface area (Å²) in [6.45, 7) is 8.93. The third kappa shape index (κ3) is 10.4. The van der Waals surface area contributed by atoms with Crippen LogP contribution in [0.5, 0.6) is 0 Å². The summed E-state index contributed by atoms with van der Waals surface area (Å²) in [6, 6.07) is 0. The smallest absolute Gasteiger partial charge is 0.358 e. The molecule has 0 saturated carbocycles. The van der Waals surface area contributed by atoms with Crippen LogP contribution in [0.1, 0.15) is 33.1 Å². The van der Waals surface area contributed by atoms with Crippen LogP contribution in [0.25, 0.3) is 0 Å². The SMILES string of the molecule is [CH2-]CC(CCC)=NCC.[CH3-].[W+2]. The summed E-state index contributed by atoms with van der Waals surface area (Å²) in [6.07, 6.45) is 3.19. The third-order valence-electron chi connectivity index (χ3n) is 1.21. The molecule has 66 valence electrons. The van der Waals surface area contributed by atoms with E-state index in [1.807, 2.05) is 0 Å². The number of nitrogens with zero attached hydrogens (tertiary/aromatic N) is 1. The van der Waals surface area contributed by atoms with Crippen LogP contribution in [0.15, 0.2) is 4.99 Å². The molecule has 0 amide bonds. The van der Waals surface area contributed by atoms with E-state index in [2.05, 4.69) is 25.8 Å². The first-order valence-corrected chi connectivity index (χ1v) is 3.66. The second-order valence-corrected chi connectivity index (χ2v) is 2.04. The molecule has 0 atom stereocenters. The fraction of sp³-hybridized carbons (Fsp3) is 0.667. The number of hydrogen-bond donors (Lipinski definition) is 0. The number of aliphatic imine (C=N–C) groups is 1. The summed E-state index contributed by atoms with van der Waals surface area (Å²) in [7, 11) is 0. The van der Waals surface area contributed by atoms with Gasteiger partial charge in [-0.05, 0) is 19.1 Å². The molecule has 0 aromatic heterocycles. The van der Waals surface area contributed by atoms with Gasteiger partial charge in [0.1, 0.15) is 0 Å². The molecule has 0 spiro atoms. The Bertz CT molecular complexity index is 89.6. The molecule has 0 N–H and O–H groups in total. The van der Waals surface area contributed by atoms with Crippen molar-refractivity contribution < 1.29 is 21.1 Å². The molecule has 2 heteroatoms. The summed E-state index contributed by atoms with van der Waals surface area (Å²) in [5, 5.41) is 0. The maximum atomic E-state index is 4.29. The summed E-state index contributed by atoms with van der Waals surface area (Å²) in [5.41, 5.74) is 1.26. The quantitative estimate of drug-likeness (QED) is 0.557. The van der Waals surface area contributed by atoms with Gasteiger partial charge in [-0.25, -0.2) is 0 Å². The first kappa shape index (κ1) is 17.4. The average Bonchev–Trinajstić information content (AvgIpc) is 1.88. The Balaban J connectivity index is -0.000000320. The second-order valence-electron chi connectivity index (χ2n) is 2.04. The average molecular weight is 325 g/mol. The molecule has 0 aliphatic carbocycles. The van der Waals surface area contributed by atoms with Gasteiger partial charge in [-0.2, -0.15) is 0 Å². The summed E-state index contributed by atoms with van der Waals surface area (Å²) in [5.74, 6) is 0. The van der Waals surface area contributed by atoms with Gasteiger partial charge in [0.25, 0.3) is 0 Å². The molecule has 0 aromatic carbocycles. The largest absolute Gasteiger partial charge is 2.00 e. The van der Waals surface area contributed by atoms with E-state index in [1.165, 1.54) is 12.1 Å². The fourth-order valence-electron chi connectivity index (χ4n) is 0.795. The van der Waals surface area contributed by atoms with Gasteiger partial charge in [0.15, 0.2) is 0 Å². The molecule has 0 aliphatic rings. The van der Waals surface area contributed by atoms with Crippen molar-refractivity contribution in [1.82, 2.24) is 0 Å². The molecule has 0 bridgehead atoms. The van der Waals surface area contributed by atoms with Crippen LogP contribution in [-0.4, -0.2) is 12.3 Å². The minimum atomic E-state index is 0. The van der Waals surface area contributed by atoms with Crippen LogP contribution in [0.2, 0.25) is 0 Å². The maximum absolute atomic E-state index is 4.29. The Hall–Kier alpha value is 0.358. The molecule has 0 unspecified atom stereocenters. The van der Waals surface area contributed by atoms with Crippen LogP contribution in [0.3, 0.4) is 0 Å². The van der Waals surface area contributed by atoms with Gasteiger partial charge in [0.2, 0.25) is 0 Å². The Morgan fingerprint density at radius 2 is 1.91 bits per heavy atom. The Kier molecular flexibility index (Phi) is 20.6. The van der Waals surface area contributed by atoms with Gasteiger partial charge in [0, 0.05) is 6.54 Å². The molecule has 0 aliphatic heterocycles.